The highest BCUT2D eigenvalue weighted by Gasteiger charge is 2.37. The number of hydrogen-bond donors (Lipinski definition) is 0. The zero-order chi connectivity index (χ0) is 22.8. The Balaban J connectivity index is 1.88. The molecular weight excluding hydrogens is 529 g/mol. The molecule has 0 spiro atoms. The Labute approximate surface area is 200 Å². The summed E-state index contributed by atoms with van der Waals surface area (Å²) in [4.78, 5) is 25.6. The van der Waals surface area contributed by atoms with Crippen molar-refractivity contribution in [2.24, 2.45) is 0 Å². The molecule has 8 nitrogen and oxygen atoms in total. The van der Waals surface area contributed by atoms with Gasteiger partial charge in [0.15, 0.2) is 34.5 Å². The number of aromatic nitrogens is 1. The first-order valence-corrected chi connectivity index (χ1v) is 11.5. The quantitative estimate of drug-likeness (QED) is 0.330. The first-order chi connectivity index (χ1) is 15.5. The highest BCUT2D eigenvalue weighted by atomic mass is 127. The van der Waals surface area contributed by atoms with Crippen LogP contribution in [0.4, 0.5) is 0 Å². The van der Waals surface area contributed by atoms with Crippen molar-refractivity contribution in [1.29, 1.82) is 0 Å². The molecule has 1 aromatic carbocycles. The minimum absolute atomic E-state index is 0.0283. The van der Waals surface area contributed by atoms with Crippen LogP contribution >= 0.6 is 23.0 Å². The standard InChI is InChI=1S/C23H26INO7/c1-4-17-14-10-16(23(27)32-24)22(26)25(13-6-7-13)21(14)15-11-19(29-3)20(12-18(15)31-17)30-9-5-8-28-2/h10-13,17H,4-9H2,1-3H3. The van der Waals surface area contributed by atoms with Crippen LogP contribution in [0.25, 0.3) is 11.3 Å². The largest absolute Gasteiger partial charge is 0.493 e. The maximum absolute atomic E-state index is 13.3. The molecule has 0 radical (unpaired) electrons. The molecule has 1 aliphatic carbocycles. The molecule has 0 amide bonds. The maximum Gasteiger partial charge on any atom is 0.353 e. The van der Waals surface area contributed by atoms with Crippen molar-refractivity contribution < 1.29 is 26.8 Å². The first kappa shape index (κ1) is 22.9. The molecule has 4 rings (SSSR count). The summed E-state index contributed by atoms with van der Waals surface area (Å²) in [6, 6.07) is 5.34. The Morgan fingerprint density at radius 2 is 1.97 bits per heavy atom. The number of ether oxygens (including phenoxy) is 4. The lowest BCUT2D eigenvalue weighted by atomic mass is 9.93. The minimum atomic E-state index is -0.647. The Bertz CT molecular complexity index is 1080. The van der Waals surface area contributed by atoms with Gasteiger partial charge in [0, 0.05) is 43.4 Å². The molecule has 2 aromatic rings. The molecule has 1 aromatic heterocycles. The summed E-state index contributed by atoms with van der Waals surface area (Å²) in [6.45, 7) is 3.09. The van der Waals surface area contributed by atoms with Gasteiger partial charge in [-0.15, -0.1) is 0 Å². The zero-order valence-corrected chi connectivity index (χ0v) is 20.5. The van der Waals surface area contributed by atoms with E-state index in [1.54, 1.807) is 24.9 Å². The van der Waals surface area contributed by atoms with Crippen LogP contribution in [0.3, 0.4) is 0 Å². The third-order valence-electron chi connectivity index (χ3n) is 5.72. The van der Waals surface area contributed by atoms with Crippen LogP contribution in [0.2, 0.25) is 0 Å². The van der Waals surface area contributed by atoms with E-state index < -0.39 is 5.97 Å². The molecule has 1 unspecified atom stereocenters. The fraction of sp³-hybridized carbons (Fsp3) is 0.478. The van der Waals surface area contributed by atoms with Crippen molar-refractivity contribution in [1.82, 2.24) is 4.57 Å². The highest BCUT2D eigenvalue weighted by molar-refractivity contribution is 14.1. The number of carbonyl (C=O) groups excluding carboxylic acids is 1. The third-order valence-corrected chi connectivity index (χ3v) is 6.12. The molecule has 0 bridgehead atoms. The van der Waals surface area contributed by atoms with Gasteiger partial charge in [0.2, 0.25) is 0 Å². The van der Waals surface area contributed by atoms with E-state index in [0.717, 1.165) is 36.1 Å². The Hall–Kier alpha value is -2.27. The van der Waals surface area contributed by atoms with Crippen molar-refractivity contribution in [3.63, 3.8) is 0 Å². The van der Waals surface area contributed by atoms with E-state index in [-0.39, 0.29) is 23.3 Å². The predicted molar refractivity (Wildman–Crippen MR) is 126 cm³/mol. The predicted octanol–water partition coefficient (Wildman–Crippen LogP) is 4.62. The van der Waals surface area contributed by atoms with Gasteiger partial charge in [-0.2, -0.15) is 0 Å². The third kappa shape index (κ3) is 4.19. The summed E-state index contributed by atoms with van der Waals surface area (Å²) in [7, 11) is 3.23. The summed E-state index contributed by atoms with van der Waals surface area (Å²) in [5.41, 5.74) is 2.03. The number of pyridine rings is 1. The van der Waals surface area contributed by atoms with Gasteiger partial charge in [-0.3, -0.25) is 4.79 Å². The van der Waals surface area contributed by atoms with Crippen LogP contribution in [0.1, 0.15) is 60.7 Å². The Morgan fingerprint density at radius 1 is 1.19 bits per heavy atom. The number of rotatable bonds is 9. The van der Waals surface area contributed by atoms with Crippen LogP contribution in [-0.2, 0) is 7.80 Å². The lowest BCUT2D eigenvalue weighted by molar-refractivity contribution is 0.0797. The summed E-state index contributed by atoms with van der Waals surface area (Å²) in [5.74, 6) is 1.11. The van der Waals surface area contributed by atoms with Crippen LogP contribution < -0.4 is 19.8 Å². The van der Waals surface area contributed by atoms with Gasteiger partial charge in [-0.25, -0.2) is 4.79 Å². The molecule has 0 saturated heterocycles. The normalized spacial score (nSPS) is 16.6. The van der Waals surface area contributed by atoms with E-state index in [1.165, 1.54) is 23.0 Å². The van der Waals surface area contributed by atoms with Crippen molar-refractivity contribution in [2.75, 3.05) is 27.4 Å². The number of hydrogen-bond acceptors (Lipinski definition) is 7. The number of methoxy groups -OCH3 is 2. The molecule has 0 N–H and O–H groups in total. The van der Waals surface area contributed by atoms with Crippen LogP contribution in [-0.4, -0.2) is 38.0 Å². The summed E-state index contributed by atoms with van der Waals surface area (Å²) in [5, 5.41) is 0. The smallest absolute Gasteiger partial charge is 0.353 e. The maximum atomic E-state index is 13.3. The van der Waals surface area contributed by atoms with Gasteiger partial charge in [0.05, 0.1) is 19.4 Å². The van der Waals surface area contributed by atoms with Crippen molar-refractivity contribution in [3.05, 3.63) is 39.7 Å². The van der Waals surface area contributed by atoms with Crippen LogP contribution in [0.5, 0.6) is 17.2 Å². The highest BCUT2D eigenvalue weighted by Crippen LogP contribution is 2.50. The van der Waals surface area contributed by atoms with Gasteiger partial charge in [-0.05, 0) is 31.4 Å². The second-order valence-electron chi connectivity index (χ2n) is 7.84. The average Bonchev–Trinajstić information content (AvgIpc) is 3.65. The lowest BCUT2D eigenvalue weighted by Gasteiger charge is -2.31. The van der Waals surface area contributed by atoms with E-state index in [1.807, 2.05) is 19.1 Å². The zero-order valence-electron chi connectivity index (χ0n) is 18.3. The van der Waals surface area contributed by atoms with E-state index in [9.17, 15) is 9.59 Å². The van der Waals surface area contributed by atoms with Crippen molar-refractivity contribution in [2.45, 2.75) is 44.8 Å². The fourth-order valence-corrected chi connectivity index (χ4v) is 4.29. The van der Waals surface area contributed by atoms with E-state index in [0.29, 0.717) is 36.9 Å². The molecule has 1 atom stereocenters. The van der Waals surface area contributed by atoms with Crippen LogP contribution in [0.15, 0.2) is 23.0 Å². The van der Waals surface area contributed by atoms with E-state index in [4.69, 9.17) is 22.0 Å². The molecule has 9 heteroatoms. The number of fused-ring (bicyclic) bond motifs is 3. The SMILES string of the molecule is CCC1Oc2cc(OCCCOC)c(OC)cc2-c2c1cc(C(=O)OI)c(=O)n2C1CC1. The van der Waals surface area contributed by atoms with Gasteiger partial charge < -0.3 is 26.6 Å². The van der Waals surface area contributed by atoms with Crippen molar-refractivity contribution in [3.8, 4) is 28.5 Å². The van der Waals surface area contributed by atoms with E-state index >= 15 is 0 Å². The monoisotopic (exact) mass is 555 g/mol. The van der Waals surface area contributed by atoms with E-state index in [2.05, 4.69) is 0 Å². The number of benzene rings is 1. The lowest BCUT2D eigenvalue weighted by Crippen LogP contribution is -2.31. The van der Waals surface area contributed by atoms with Gasteiger partial charge >= 0.3 is 5.97 Å². The number of carbonyl (C=O) groups is 1. The first-order valence-electron chi connectivity index (χ1n) is 10.7. The fourth-order valence-electron chi connectivity index (χ4n) is 4.06. The van der Waals surface area contributed by atoms with Gasteiger partial charge in [0.1, 0.15) is 17.4 Å². The molecule has 32 heavy (non-hydrogen) atoms. The topological polar surface area (TPSA) is 85.2 Å². The van der Waals surface area contributed by atoms with Crippen LogP contribution in [0, 0.1) is 0 Å². The second kappa shape index (κ2) is 9.70. The molecular formula is C23H26INO7. The summed E-state index contributed by atoms with van der Waals surface area (Å²) in [6.07, 6.45) is 2.89. The van der Waals surface area contributed by atoms with Crippen molar-refractivity contribution >= 4 is 29.0 Å². The molecule has 1 aliphatic heterocycles. The van der Waals surface area contributed by atoms with Gasteiger partial charge in [0.25, 0.3) is 5.56 Å². The molecule has 1 fully saturated rings. The Kier molecular flexibility index (Phi) is 6.94. The summed E-state index contributed by atoms with van der Waals surface area (Å²) < 4.78 is 29.5. The van der Waals surface area contributed by atoms with Gasteiger partial charge in [-0.1, -0.05) is 6.92 Å². The molecule has 2 aliphatic rings. The summed E-state index contributed by atoms with van der Waals surface area (Å²) >= 11 is 1.51. The molecule has 172 valence electrons. The second-order valence-corrected chi connectivity index (χ2v) is 8.28. The number of halogens is 1. The minimum Gasteiger partial charge on any atom is -0.493 e. The average molecular weight is 555 g/mol. The number of nitrogens with zero attached hydrogens (tertiary/aromatic N) is 1. The Morgan fingerprint density at radius 3 is 2.59 bits per heavy atom. The molecule has 2 heterocycles. The molecule has 1 saturated carbocycles.